The summed E-state index contributed by atoms with van der Waals surface area (Å²) in [6, 6.07) is 12.7. The van der Waals surface area contributed by atoms with Gasteiger partial charge in [-0.3, -0.25) is 9.69 Å². The number of nitrogens with zero attached hydrogens (tertiary/aromatic N) is 2. The van der Waals surface area contributed by atoms with E-state index in [9.17, 15) is 18.0 Å². The number of carbonyl (C=O) groups is 1. The Morgan fingerprint density at radius 3 is 2.23 bits per heavy atom. The second-order valence-electron chi connectivity index (χ2n) is 7.31. The molecule has 6 nitrogen and oxygen atoms in total. The molecule has 1 unspecified atom stereocenters. The van der Waals surface area contributed by atoms with Crippen molar-refractivity contribution in [2.75, 3.05) is 43.5 Å². The van der Waals surface area contributed by atoms with Gasteiger partial charge < -0.3 is 19.7 Å². The Morgan fingerprint density at radius 1 is 0.968 bits per heavy atom. The van der Waals surface area contributed by atoms with Gasteiger partial charge in [-0.25, -0.2) is 0 Å². The first-order valence-corrected chi connectivity index (χ1v) is 10.0. The van der Waals surface area contributed by atoms with Gasteiger partial charge in [0.2, 0.25) is 5.91 Å². The third kappa shape index (κ3) is 6.52. The normalized spacial score (nSPS) is 16.4. The zero-order chi connectivity index (χ0) is 22.4. The van der Waals surface area contributed by atoms with Crippen LogP contribution in [0.4, 0.5) is 24.5 Å². The van der Waals surface area contributed by atoms with Crippen molar-refractivity contribution in [3.63, 3.8) is 0 Å². The maximum atomic E-state index is 12.7. The number of benzene rings is 2. The van der Waals surface area contributed by atoms with E-state index in [1.165, 1.54) is 24.3 Å². The van der Waals surface area contributed by atoms with Crippen LogP contribution in [-0.4, -0.2) is 56.5 Å². The molecule has 1 amide bonds. The maximum Gasteiger partial charge on any atom is 0.573 e. The molecule has 168 valence electrons. The monoisotopic (exact) mass is 437 g/mol. The molecule has 1 atom stereocenters. The molecule has 3 rings (SSSR count). The minimum Gasteiger partial charge on any atom is -0.497 e. The second kappa shape index (κ2) is 9.91. The molecule has 0 spiro atoms. The summed E-state index contributed by atoms with van der Waals surface area (Å²) >= 11 is 0. The average molecular weight is 437 g/mol. The molecule has 1 fully saturated rings. The van der Waals surface area contributed by atoms with Crippen LogP contribution in [0.3, 0.4) is 0 Å². The van der Waals surface area contributed by atoms with E-state index in [1.54, 1.807) is 7.11 Å². The van der Waals surface area contributed by atoms with Gasteiger partial charge in [-0.15, -0.1) is 13.2 Å². The summed E-state index contributed by atoms with van der Waals surface area (Å²) in [6.45, 7) is 5.00. The number of nitrogens with one attached hydrogen (secondary N) is 1. The highest BCUT2D eigenvalue weighted by atomic mass is 19.4. The number of hydrogen-bond donors (Lipinski definition) is 1. The molecule has 31 heavy (non-hydrogen) atoms. The highest BCUT2D eigenvalue weighted by Gasteiger charge is 2.31. The lowest BCUT2D eigenvalue weighted by atomic mass is 10.2. The van der Waals surface area contributed by atoms with Gasteiger partial charge in [-0.1, -0.05) is 0 Å². The molecular formula is C22H26F3N3O3. The van der Waals surface area contributed by atoms with Gasteiger partial charge in [0.15, 0.2) is 0 Å². The fourth-order valence-electron chi connectivity index (χ4n) is 3.53. The van der Waals surface area contributed by atoms with E-state index in [0.29, 0.717) is 5.69 Å². The summed E-state index contributed by atoms with van der Waals surface area (Å²) in [5, 5.41) is 2.76. The van der Waals surface area contributed by atoms with Gasteiger partial charge in [-0.05, 0) is 61.9 Å². The van der Waals surface area contributed by atoms with Gasteiger partial charge >= 0.3 is 6.36 Å². The Bertz CT molecular complexity index is 857. The van der Waals surface area contributed by atoms with Crippen molar-refractivity contribution in [1.29, 1.82) is 0 Å². The molecule has 0 aromatic heterocycles. The molecular weight excluding hydrogens is 411 g/mol. The number of anilines is 2. The SMILES string of the molecule is COc1ccc(N2CCCN(C(C)C(=O)Nc3ccc(OC(F)(F)F)cc3)CC2)cc1. The van der Waals surface area contributed by atoms with Crippen LogP contribution in [0.1, 0.15) is 13.3 Å². The third-order valence-corrected chi connectivity index (χ3v) is 5.25. The number of carbonyl (C=O) groups excluding carboxylic acids is 1. The van der Waals surface area contributed by atoms with Gasteiger partial charge in [0.05, 0.1) is 13.2 Å². The Morgan fingerprint density at radius 2 is 1.61 bits per heavy atom. The van der Waals surface area contributed by atoms with Crippen molar-refractivity contribution in [2.24, 2.45) is 0 Å². The van der Waals surface area contributed by atoms with E-state index in [-0.39, 0.29) is 17.7 Å². The number of amides is 1. The largest absolute Gasteiger partial charge is 0.573 e. The lowest BCUT2D eigenvalue weighted by molar-refractivity contribution is -0.274. The average Bonchev–Trinajstić information content (AvgIpc) is 3.00. The number of halogens is 3. The van der Waals surface area contributed by atoms with Crippen LogP contribution in [0.25, 0.3) is 0 Å². The predicted octanol–water partition coefficient (Wildman–Crippen LogP) is 4.13. The van der Waals surface area contributed by atoms with Crippen molar-refractivity contribution >= 4 is 17.3 Å². The fraction of sp³-hybridized carbons (Fsp3) is 0.409. The van der Waals surface area contributed by atoms with Crippen LogP contribution in [0.5, 0.6) is 11.5 Å². The first-order chi connectivity index (χ1) is 14.7. The summed E-state index contributed by atoms with van der Waals surface area (Å²) < 4.78 is 45.8. The molecule has 9 heteroatoms. The first-order valence-electron chi connectivity index (χ1n) is 10.0. The van der Waals surface area contributed by atoms with Crippen LogP contribution < -0.4 is 19.7 Å². The minimum atomic E-state index is -4.74. The van der Waals surface area contributed by atoms with Gasteiger partial charge in [0.1, 0.15) is 11.5 Å². The molecule has 0 bridgehead atoms. The number of methoxy groups -OCH3 is 1. The van der Waals surface area contributed by atoms with Gasteiger partial charge in [0.25, 0.3) is 0 Å². The van der Waals surface area contributed by atoms with Crippen LogP contribution in [0, 0.1) is 0 Å². The van der Waals surface area contributed by atoms with Crippen LogP contribution in [0.15, 0.2) is 48.5 Å². The number of alkyl halides is 3. The zero-order valence-electron chi connectivity index (χ0n) is 17.5. The van der Waals surface area contributed by atoms with Crippen LogP contribution in [-0.2, 0) is 4.79 Å². The smallest absolute Gasteiger partial charge is 0.497 e. The van der Waals surface area contributed by atoms with E-state index in [1.807, 2.05) is 31.2 Å². The summed E-state index contributed by atoms with van der Waals surface area (Å²) in [6.07, 6.45) is -3.83. The third-order valence-electron chi connectivity index (χ3n) is 5.25. The van der Waals surface area contributed by atoms with E-state index in [2.05, 4.69) is 19.9 Å². The maximum absolute atomic E-state index is 12.7. The Balaban J connectivity index is 1.54. The van der Waals surface area contributed by atoms with Crippen molar-refractivity contribution in [3.8, 4) is 11.5 Å². The quantitative estimate of drug-likeness (QED) is 0.737. The summed E-state index contributed by atoms with van der Waals surface area (Å²) in [7, 11) is 1.63. The Hall–Kier alpha value is -2.94. The molecule has 0 radical (unpaired) electrons. The molecule has 2 aromatic rings. The summed E-state index contributed by atoms with van der Waals surface area (Å²) in [5.41, 5.74) is 1.53. The molecule has 1 N–H and O–H groups in total. The molecule has 1 saturated heterocycles. The fourth-order valence-corrected chi connectivity index (χ4v) is 3.53. The van der Waals surface area contributed by atoms with Crippen LogP contribution >= 0.6 is 0 Å². The van der Waals surface area contributed by atoms with Crippen molar-refractivity contribution in [2.45, 2.75) is 25.7 Å². The van der Waals surface area contributed by atoms with Crippen LogP contribution in [0.2, 0.25) is 0 Å². The van der Waals surface area contributed by atoms with Gasteiger partial charge in [-0.2, -0.15) is 0 Å². The predicted molar refractivity (Wildman–Crippen MR) is 113 cm³/mol. The standard InChI is InChI=1S/C22H26F3N3O3/c1-16(21(29)26-17-4-8-20(9-5-17)31-22(23,24)25)27-12-3-13-28(15-14-27)18-6-10-19(30-2)11-7-18/h4-11,16H,3,12-15H2,1-2H3,(H,26,29). The van der Waals surface area contributed by atoms with E-state index >= 15 is 0 Å². The van der Waals surface area contributed by atoms with Crippen molar-refractivity contribution in [1.82, 2.24) is 4.90 Å². The first kappa shape index (κ1) is 22.7. The molecule has 1 heterocycles. The second-order valence-corrected chi connectivity index (χ2v) is 7.31. The number of hydrogen-bond acceptors (Lipinski definition) is 5. The number of rotatable bonds is 6. The topological polar surface area (TPSA) is 54.0 Å². The Kier molecular flexibility index (Phi) is 7.27. The minimum absolute atomic E-state index is 0.206. The lowest BCUT2D eigenvalue weighted by Crippen LogP contribution is -2.43. The van der Waals surface area contributed by atoms with Gasteiger partial charge in [0, 0.05) is 37.6 Å². The molecule has 0 aliphatic carbocycles. The zero-order valence-corrected chi connectivity index (χ0v) is 17.5. The van der Waals surface area contributed by atoms with E-state index in [0.717, 1.165) is 44.0 Å². The number of ether oxygens (including phenoxy) is 2. The Labute approximate surface area is 179 Å². The molecule has 0 saturated carbocycles. The van der Waals surface area contributed by atoms with Crippen molar-refractivity contribution in [3.05, 3.63) is 48.5 Å². The highest BCUT2D eigenvalue weighted by molar-refractivity contribution is 5.94. The van der Waals surface area contributed by atoms with E-state index < -0.39 is 6.36 Å². The van der Waals surface area contributed by atoms with Crippen molar-refractivity contribution < 1.29 is 27.4 Å². The summed E-state index contributed by atoms with van der Waals surface area (Å²) in [4.78, 5) is 17.1. The molecule has 2 aromatic carbocycles. The summed E-state index contributed by atoms with van der Waals surface area (Å²) in [5.74, 6) is 0.274. The van der Waals surface area contributed by atoms with E-state index in [4.69, 9.17) is 4.74 Å². The molecule has 1 aliphatic heterocycles. The molecule has 1 aliphatic rings. The highest BCUT2D eigenvalue weighted by Crippen LogP contribution is 2.24. The lowest BCUT2D eigenvalue weighted by Gasteiger charge is -2.27.